The van der Waals surface area contributed by atoms with Crippen molar-refractivity contribution in [3.8, 4) is 0 Å². The van der Waals surface area contributed by atoms with E-state index in [1.165, 1.54) is 12.5 Å². The van der Waals surface area contributed by atoms with E-state index in [4.69, 9.17) is 4.74 Å². The number of hydrogen-bond donors (Lipinski definition) is 0. The van der Waals surface area contributed by atoms with Crippen LogP contribution in [0.5, 0.6) is 0 Å². The molecule has 0 aliphatic heterocycles. The summed E-state index contributed by atoms with van der Waals surface area (Å²) in [6.45, 7) is 9.35. The van der Waals surface area contributed by atoms with Gasteiger partial charge in [-0.25, -0.2) is 0 Å². The molecule has 0 aromatic carbocycles. The maximum Gasteiger partial charge on any atom is 0.303 e. The fourth-order valence-electron chi connectivity index (χ4n) is 1.77. The number of carbonyl (C=O) groups is 1. The summed E-state index contributed by atoms with van der Waals surface area (Å²) >= 11 is 0. The molecule has 0 saturated heterocycles. The van der Waals surface area contributed by atoms with Gasteiger partial charge in [0.25, 0.3) is 0 Å². The average molecular weight is 194 g/mol. The van der Waals surface area contributed by atoms with Crippen LogP contribution in [0.2, 0.25) is 0 Å². The second-order valence-corrected chi connectivity index (χ2v) is 4.26. The highest BCUT2D eigenvalue weighted by Gasteiger charge is 2.29. The molecular weight excluding hydrogens is 176 g/mol. The van der Waals surface area contributed by atoms with Gasteiger partial charge in [-0.2, -0.15) is 0 Å². The molecule has 2 atom stereocenters. The van der Waals surface area contributed by atoms with Gasteiger partial charge < -0.3 is 4.74 Å². The van der Waals surface area contributed by atoms with Crippen LogP contribution in [0.4, 0.5) is 0 Å². The van der Waals surface area contributed by atoms with Crippen molar-refractivity contribution in [2.45, 2.75) is 39.2 Å². The molecule has 0 aromatic heterocycles. The Morgan fingerprint density at radius 1 is 1.57 bits per heavy atom. The van der Waals surface area contributed by atoms with Crippen molar-refractivity contribution in [2.24, 2.45) is 5.92 Å². The van der Waals surface area contributed by atoms with E-state index in [0.29, 0.717) is 5.92 Å². The summed E-state index contributed by atoms with van der Waals surface area (Å²) in [5, 5.41) is 0. The van der Waals surface area contributed by atoms with Crippen molar-refractivity contribution in [3.63, 3.8) is 0 Å². The highest BCUT2D eigenvalue weighted by molar-refractivity contribution is 5.66. The Bertz CT molecular complexity index is 278. The number of hydrogen-bond acceptors (Lipinski definition) is 2. The molecule has 0 amide bonds. The fourth-order valence-corrected chi connectivity index (χ4v) is 1.77. The quantitative estimate of drug-likeness (QED) is 0.499. The SMILES string of the molecule is C=C(C)C1C=CC(C)(OC(C)=O)CC1. The zero-order chi connectivity index (χ0) is 10.8. The van der Waals surface area contributed by atoms with Gasteiger partial charge in [-0.1, -0.05) is 18.2 Å². The lowest BCUT2D eigenvalue weighted by atomic mass is 9.83. The Morgan fingerprint density at radius 2 is 2.21 bits per heavy atom. The average Bonchev–Trinajstić information content (AvgIpc) is 2.02. The third-order valence-corrected chi connectivity index (χ3v) is 2.64. The van der Waals surface area contributed by atoms with Gasteiger partial charge in [0.05, 0.1) is 0 Å². The van der Waals surface area contributed by atoms with Crippen LogP contribution in [-0.2, 0) is 9.53 Å². The molecule has 0 N–H and O–H groups in total. The highest BCUT2D eigenvalue weighted by atomic mass is 16.6. The number of allylic oxidation sites excluding steroid dienone is 2. The summed E-state index contributed by atoms with van der Waals surface area (Å²) in [5.41, 5.74) is 0.767. The molecule has 14 heavy (non-hydrogen) atoms. The Kier molecular flexibility index (Phi) is 3.14. The molecule has 0 bridgehead atoms. The van der Waals surface area contributed by atoms with Crippen LogP contribution in [0.3, 0.4) is 0 Å². The van der Waals surface area contributed by atoms with Gasteiger partial charge in [0.15, 0.2) is 0 Å². The van der Waals surface area contributed by atoms with Crippen LogP contribution in [0.25, 0.3) is 0 Å². The first-order valence-corrected chi connectivity index (χ1v) is 4.97. The van der Waals surface area contributed by atoms with Gasteiger partial charge in [0.1, 0.15) is 5.60 Å². The third-order valence-electron chi connectivity index (χ3n) is 2.64. The Morgan fingerprint density at radius 3 is 2.57 bits per heavy atom. The van der Waals surface area contributed by atoms with Crippen molar-refractivity contribution in [3.05, 3.63) is 24.3 Å². The lowest BCUT2D eigenvalue weighted by Gasteiger charge is -2.31. The van der Waals surface area contributed by atoms with Crippen LogP contribution in [0.1, 0.15) is 33.6 Å². The van der Waals surface area contributed by atoms with Gasteiger partial charge in [-0.3, -0.25) is 4.79 Å². The summed E-state index contributed by atoms with van der Waals surface area (Å²) in [4.78, 5) is 10.9. The predicted molar refractivity (Wildman–Crippen MR) is 56.8 cm³/mol. The molecule has 0 heterocycles. The molecule has 2 nitrogen and oxygen atoms in total. The van der Waals surface area contributed by atoms with E-state index in [1.54, 1.807) is 0 Å². The molecule has 1 aliphatic rings. The summed E-state index contributed by atoms with van der Waals surface area (Å²) in [6, 6.07) is 0. The Balaban J connectivity index is 2.66. The summed E-state index contributed by atoms with van der Waals surface area (Å²) in [5.74, 6) is 0.226. The highest BCUT2D eigenvalue weighted by Crippen LogP contribution is 2.31. The Labute approximate surface area is 85.6 Å². The zero-order valence-electron chi connectivity index (χ0n) is 9.17. The van der Waals surface area contributed by atoms with E-state index in [1.807, 2.05) is 19.9 Å². The number of rotatable bonds is 2. The van der Waals surface area contributed by atoms with Crippen LogP contribution in [0, 0.1) is 5.92 Å². The lowest BCUT2D eigenvalue weighted by Crippen LogP contribution is -2.31. The van der Waals surface area contributed by atoms with Crippen molar-refractivity contribution >= 4 is 5.97 Å². The van der Waals surface area contributed by atoms with Gasteiger partial charge in [0, 0.05) is 6.92 Å². The van der Waals surface area contributed by atoms with Gasteiger partial charge in [0.2, 0.25) is 0 Å². The minimum atomic E-state index is -0.405. The van der Waals surface area contributed by atoms with E-state index in [0.717, 1.165) is 12.8 Å². The second-order valence-electron chi connectivity index (χ2n) is 4.26. The standard InChI is InChI=1S/C12H18O2/c1-9(2)11-5-7-12(4,8-6-11)14-10(3)13/h5,7,11H,1,6,8H2,2-4H3. The van der Waals surface area contributed by atoms with E-state index in [9.17, 15) is 4.79 Å². The van der Waals surface area contributed by atoms with E-state index in [2.05, 4.69) is 12.7 Å². The first-order chi connectivity index (χ1) is 6.43. The molecule has 1 aliphatic carbocycles. The summed E-state index contributed by atoms with van der Waals surface area (Å²) < 4.78 is 5.25. The van der Waals surface area contributed by atoms with Crippen molar-refractivity contribution < 1.29 is 9.53 Å². The number of carbonyl (C=O) groups excluding carboxylic acids is 1. The van der Waals surface area contributed by atoms with Crippen molar-refractivity contribution in [1.29, 1.82) is 0 Å². The number of ether oxygens (including phenoxy) is 1. The minimum absolute atomic E-state index is 0.217. The van der Waals surface area contributed by atoms with Crippen LogP contribution in [0.15, 0.2) is 24.3 Å². The van der Waals surface area contributed by atoms with Crippen molar-refractivity contribution in [2.75, 3.05) is 0 Å². The minimum Gasteiger partial charge on any atom is -0.455 e. The topological polar surface area (TPSA) is 26.3 Å². The maximum absolute atomic E-state index is 10.9. The zero-order valence-corrected chi connectivity index (χ0v) is 9.17. The molecule has 78 valence electrons. The molecule has 0 saturated carbocycles. The molecule has 0 fully saturated rings. The molecule has 0 aromatic rings. The summed E-state index contributed by atoms with van der Waals surface area (Å²) in [7, 11) is 0. The second kappa shape index (κ2) is 3.99. The van der Waals surface area contributed by atoms with E-state index in [-0.39, 0.29) is 5.97 Å². The first-order valence-electron chi connectivity index (χ1n) is 4.97. The fraction of sp³-hybridized carbons (Fsp3) is 0.583. The first kappa shape index (κ1) is 11.0. The van der Waals surface area contributed by atoms with E-state index < -0.39 is 5.60 Å². The molecule has 2 heteroatoms. The smallest absolute Gasteiger partial charge is 0.303 e. The largest absolute Gasteiger partial charge is 0.455 e. The molecule has 2 unspecified atom stereocenters. The Hall–Kier alpha value is -1.05. The van der Waals surface area contributed by atoms with Crippen LogP contribution >= 0.6 is 0 Å². The predicted octanol–water partition coefficient (Wildman–Crippen LogP) is 2.85. The molecular formula is C12H18O2. The lowest BCUT2D eigenvalue weighted by molar-refractivity contribution is -0.151. The van der Waals surface area contributed by atoms with E-state index >= 15 is 0 Å². The van der Waals surface area contributed by atoms with Gasteiger partial charge in [-0.15, -0.1) is 0 Å². The van der Waals surface area contributed by atoms with Crippen molar-refractivity contribution in [1.82, 2.24) is 0 Å². The normalized spacial score (nSPS) is 31.2. The molecule has 1 rings (SSSR count). The van der Waals surface area contributed by atoms with Gasteiger partial charge >= 0.3 is 5.97 Å². The number of esters is 1. The third kappa shape index (κ3) is 2.72. The summed E-state index contributed by atoms with van der Waals surface area (Å²) in [6.07, 6.45) is 5.96. The maximum atomic E-state index is 10.9. The monoisotopic (exact) mass is 194 g/mol. The molecule has 0 radical (unpaired) electrons. The molecule has 0 spiro atoms. The van der Waals surface area contributed by atoms with Crippen LogP contribution < -0.4 is 0 Å². The van der Waals surface area contributed by atoms with Crippen LogP contribution in [-0.4, -0.2) is 11.6 Å². The van der Waals surface area contributed by atoms with Gasteiger partial charge in [-0.05, 0) is 38.7 Å².